The van der Waals surface area contributed by atoms with Crippen molar-refractivity contribution in [3.63, 3.8) is 0 Å². The van der Waals surface area contributed by atoms with Crippen molar-refractivity contribution < 1.29 is 9.59 Å². The van der Waals surface area contributed by atoms with Crippen molar-refractivity contribution in [1.82, 2.24) is 21.3 Å². The van der Waals surface area contributed by atoms with Crippen LogP contribution >= 0.6 is 0 Å². The van der Waals surface area contributed by atoms with Gasteiger partial charge in [-0.2, -0.15) is 0 Å². The number of unbranched alkanes of at least 4 members (excludes halogenated alkanes) is 5. The molecule has 0 aliphatic rings. The molecule has 0 rings (SSSR count). The monoisotopic (exact) mass is 314 g/mol. The van der Waals surface area contributed by atoms with Crippen molar-refractivity contribution in [2.45, 2.75) is 58.8 Å². The van der Waals surface area contributed by atoms with Crippen LogP contribution in [0.5, 0.6) is 0 Å². The highest BCUT2D eigenvalue weighted by Gasteiger charge is 1.98. The Morgan fingerprint density at radius 3 is 1.64 bits per heavy atom. The van der Waals surface area contributed by atoms with Crippen LogP contribution in [0.4, 0.5) is 4.79 Å². The zero-order valence-electron chi connectivity index (χ0n) is 14.3. The molecule has 0 spiro atoms. The zero-order valence-corrected chi connectivity index (χ0v) is 14.3. The molecule has 6 nitrogen and oxygen atoms in total. The minimum Gasteiger partial charge on any atom is -0.356 e. The van der Waals surface area contributed by atoms with Gasteiger partial charge < -0.3 is 21.3 Å². The Bertz CT molecular complexity index is 285. The third kappa shape index (κ3) is 16.8. The zero-order chi connectivity index (χ0) is 16.5. The number of carbonyl (C=O) groups is 2. The van der Waals surface area contributed by atoms with Crippen LogP contribution in [0.25, 0.3) is 0 Å². The minimum absolute atomic E-state index is 0.0277. The predicted octanol–water partition coefficient (Wildman–Crippen LogP) is 1.76. The van der Waals surface area contributed by atoms with Crippen molar-refractivity contribution in [3.8, 4) is 0 Å². The summed E-state index contributed by atoms with van der Waals surface area (Å²) in [6.45, 7) is 7.93. The van der Waals surface area contributed by atoms with Crippen LogP contribution in [0.1, 0.15) is 58.8 Å². The number of hydrogen-bond donors (Lipinski definition) is 4. The molecule has 0 unspecified atom stereocenters. The van der Waals surface area contributed by atoms with Gasteiger partial charge in [-0.05, 0) is 38.8 Å². The second kappa shape index (κ2) is 16.1. The molecule has 0 aliphatic heterocycles. The highest BCUT2D eigenvalue weighted by molar-refractivity contribution is 5.73. The molecule has 3 amide bonds. The van der Waals surface area contributed by atoms with Crippen LogP contribution in [0, 0.1) is 0 Å². The van der Waals surface area contributed by atoms with Gasteiger partial charge in [-0.25, -0.2) is 4.79 Å². The largest absolute Gasteiger partial charge is 0.356 e. The fourth-order valence-electron chi connectivity index (χ4n) is 2.06. The van der Waals surface area contributed by atoms with Gasteiger partial charge in [-0.15, -0.1) is 0 Å². The highest BCUT2D eigenvalue weighted by atomic mass is 16.2. The second-order valence-corrected chi connectivity index (χ2v) is 5.49. The van der Waals surface area contributed by atoms with Crippen LogP contribution in [0.15, 0.2) is 0 Å². The van der Waals surface area contributed by atoms with E-state index in [1.165, 1.54) is 6.92 Å². The molecule has 22 heavy (non-hydrogen) atoms. The van der Waals surface area contributed by atoms with Gasteiger partial charge in [-0.1, -0.05) is 26.2 Å². The topological polar surface area (TPSA) is 82.3 Å². The minimum atomic E-state index is -0.0649. The standard InChI is InChI=1S/C16H34N4O2/c1-3-17-11-7-6-10-14-20-16(22)19-13-9-5-4-8-12-18-15(2)21/h17H,3-14H2,1-2H3,(H,18,21)(H2,19,20,22). The molecule has 6 heteroatoms. The molecule has 0 aromatic heterocycles. The van der Waals surface area contributed by atoms with E-state index in [1.54, 1.807) is 0 Å². The number of urea groups is 1. The van der Waals surface area contributed by atoms with Crippen molar-refractivity contribution in [2.75, 3.05) is 32.7 Å². The van der Waals surface area contributed by atoms with Gasteiger partial charge in [0.05, 0.1) is 0 Å². The summed E-state index contributed by atoms with van der Waals surface area (Å²) in [7, 11) is 0. The SMILES string of the molecule is CCNCCCCCNC(=O)NCCCCCCNC(C)=O. The third-order valence-corrected chi connectivity index (χ3v) is 3.33. The van der Waals surface area contributed by atoms with Gasteiger partial charge in [-0.3, -0.25) is 4.79 Å². The summed E-state index contributed by atoms with van der Waals surface area (Å²) in [5.41, 5.74) is 0. The Labute approximate surface area is 135 Å². The van der Waals surface area contributed by atoms with Gasteiger partial charge in [0.1, 0.15) is 0 Å². The smallest absolute Gasteiger partial charge is 0.314 e. The van der Waals surface area contributed by atoms with Crippen molar-refractivity contribution in [3.05, 3.63) is 0 Å². The lowest BCUT2D eigenvalue weighted by molar-refractivity contribution is -0.118. The lowest BCUT2D eigenvalue weighted by Crippen LogP contribution is -2.36. The highest BCUT2D eigenvalue weighted by Crippen LogP contribution is 1.97. The average Bonchev–Trinajstić information content (AvgIpc) is 2.48. The molecule has 0 bridgehead atoms. The summed E-state index contributed by atoms with van der Waals surface area (Å²) in [6.07, 6.45) is 7.47. The summed E-state index contributed by atoms with van der Waals surface area (Å²) in [5, 5.41) is 11.8. The van der Waals surface area contributed by atoms with E-state index in [2.05, 4.69) is 28.2 Å². The average molecular weight is 314 g/mol. The van der Waals surface area contributed by atoms with Gasteiger partial charge in [0.25, 0.3) is 0 Å². The number of nitrogens with one attached hydrogen (secondary N) is 4. The van der Waals surface area contributed by atoms with Crippen LogP contribution in [-0.2, 0) is 4.79 Å². The summed E-state index contributed by atoms with van der Waals surface area (Å²) >= 11 is 0. The first-order valence-electron chi connectivity index (χ1n) is 8.63. The number of carbonyl (C=O) groups excluding carboxylic acids is 2. The maximum absolute atomic E-state index is 11.5. The molecule has 0 aliphatic carbocycles. The molecule has 0 radical (unpaired) electrons. The van der Waals surface area contributed by atoms with E-state index in [4.69, 9.17) is 0 Å². The third-order valence-electron chi connectivity index (χ3n) is 3.33. The fourth-order valence-corrected chi connectivity index (χ4v) is 2.06. The van der Waals surface area contributed by atoms with E-state index in [1.807, 2.05) is 0 Å². The van der Waals surface area contributed by atoms with Crippen LogP contribution in [0.2, 0.25) is 0 Å². The Balaban J connectivity index is 3.17. The molecular formula is C16H34N4O2. The maximum Gasteiger partial charge on any atom is 0.314 e. The van der Waals surface area contributed by atoms with Crippen LogP contribution in [-0.4, -0.2) is 44.7 Å². The normalized spacial score (nSPS) is 10.3. The Kier molecular flexibility index (Phi) is 15.1. The van der Waals surface area contributed by atoms with Crippen molar-refractivity contribution in [1.29, 1.82) is 0 Å². The molecule has 0 aromatic carbocycles. The molecule has 0 fully saturated rings. The molecule has 0 aromatic rings. The van der Waals surface area contributed by atoms with Crippen molar-refractivity contribution >= 4 is 11.9 Å². The Morgan fingerprint density at radius 2 is 1.14 bits per heavy atom. The summed E-state index contributed by atoms with van der Waals surface area (Å²) in [5.74, 6) is 0.0277. The van der Waals surface area contributed by atoms with Gasteiger partial charge >= 0.3 is 6.03 Å². The molecule has 130 valence electrons. The van der Waals surface area contributed by atoms with Gasteiger partial charge in [0.2, 0.25) is 5.91 Å². The maximum atomic E-state index is 11.5. The van der Waals surface area contributed by atoms with E-state index in [0.717, 1.165) is 71.1 Å². The van der Waals surface area contributed by atoms with E-state index in [-0.39, 0.29) is 11.9 Å². The fraction of sp³-hybridized carbons (Fsp3) is 0.875. The number of rotatable bonds is 14. The Morgan fingerprint density at radius 1 is 0.682 bits per heavy atom. The van der Waals surface area contributed by atoms with Crippen LogP contribution < -0.4 is 21.3 Å². The second-order valence-electron chi connectivity index (χ2n) is 5.49. The molecule has 4 N–H and O–H groups in total. The number of hydrogen-bond acceptors (Lipinski definition) is 3. The molecule has 0 heterocycles. The summed E-state index contributed by atoms with van der Waals surface area (Å²) in [4.78, 5) is 22.2. The summed E-state index contributed by atoms with van der Waals surface area (Å²) < 4.78 is 0. The first-order chi connectivity index (χ1) is 10.7. The predicted molar refractivity (Wildman–Crippen MR) is 90.9 cm³/mol. The summed E-state index contributed by atoms with van der Waals surface area (Å²) in [6, 6.07) is -0.0649. The lowest BCUT2D eigenvalue weighted by Gasteiger charge is -2.08. The first kappa shape index (κ1) is 20.7. The van der Waals surface area contributed by atoms with Gasteiger partial charge in [0, 0.05) is 26.6 Å². The Hall–Kier alpha value is -1.30. The molecular weight excluding hydrogens is 280 g/mol. The van der Waals surface area contributed by atoms with Gasteiger partial charge in [0.15, 0.2) is 0 Å². The number of amides is 3. The molecule has 0 saturated heterocycles. The molecule has 0 saturated carbocycles. The van der Waals surface area contributed by atoms with E-state index >= 15 is 0 Å². The van der Waals surface area contributed by atoms with E-state index in [0.29, 0.717) is 6.54 Å². The van der Waals surface area contributed by atoms with E-state index in [9.17, 15) is 9.59 Å². The first-order valence-corrected chi connectivity index (χ1v) is 8.63. The molecule has 0 atom stereocenters. The lowest BCUT2D eigenvalue weighted by atomic mass is 10.2. The van der Waals surface area contributed by atoms with Crippen molar-refractivity contribution in [2.24, 2.45) is 0 Å². The quantitative estimate of drug-likeness (QED) is 0.369. The van der Waals surface area contributed by atoms with E-state index < -0.39 is 0 Å². The van der Waals surface area contributed by atoms with Crippen LogP contribution in [0.3, 0.4) is 0 Å².